The van der Waals surface area contributed by atoms with Gasteiger partial charge in [-0.1, -0.05) is 0 Å². The third kappa shape index (κ3) is 0.654. The highest BCUT2D eigenvalue weighted by molar-refractivity contribution is 6.04. The lowest BCUT2D eigenvalue weighted by Gasteiger charge is -2.20. The number of imide groups is 1. The first kappa shape index (κ1) is 5.85. The number of hydrogen-bond acceptors (Lipinski definition) is 3. The zero-order chi connectivity index (χ0) is 7.19. The van der Waals surface area contributed by atoms with E-state index in [0.29, 0.717) is 0 Å². The van der Waals surface area contributed by atoms with Crippen LogP contribution in [-0.2, 0) is 9.59 Å². The molecule has 54 valence electrons. The average Bonchev–Trinajstić information content (AvgIpc) is 2.62. The molecule has 4 nitrogen and oxygen atoms in total. The fraction of sp³-hybridized carbons (Fsp3) is 0.667. The molecule has 0 atom stereocenters. The molecule has 1 heterocycles. The van der Waals surface area contributed by atoms with Crippen molar-refractivity contribution in [3.8, 4) is 0 Å². The number of rotatable bonds is 0. The van der Waals surface area contributed by atoms with Gasteiger partial charge in [0.15, 0.2) is 0 Å². The van der Waals surface area contributed by atoms with E-state index in [9.17, 15) is 9.59 Å². The maximum absolute atomic E-state index is 11.0. The van der Waals surface area contributed by atoms with Gasteiger partial charge in [-0.2, -0.15) is 0 Å². The van der Waals surface area contributed by atoms with E-state index in [4.69, 9.17) is 0 Å². The molecule has 1 saturated carbocycles. The van der Waals surface area contributed by atoms with Crippen molar-refractivity contribution in [2.24, 2.45) is 0 Å². The Morgan fingerprint density at radius 1 is 1.30 bits per heavy atom. The zero-order valence-electron chi connectivity index (χ0n) is 5.44. The molecule has 2 aliphatic rings. The summed E-state index contributed by atoms with van der Waals surface area (Å²) in [6.07, 6.45) is 1.73. The second kappa shape index (κ2) is 1.58. The van der Waals surface area contributed by atoms with Gasteiger partial charge in [0.1, 0.15) is 0 Å². The molecule has 2 amide bonds. The number of nitrogens with one attached hydrogen (secondary N) is 2. The Balaban J connectivity index is 2.15. The fourth-order valence-electron chi connectivity index (χ4n) is 1.15. The third-order valence-corrected chi connectivity index (χ3v) is 2.02. The van der Waals surface area contributed by atoms with E-state index >= 15 is 0 Å². The highest BCUT2D eigenvalue weighted by Gasteiger charge is 2.52. The Hall–Kier alpha value is -0.900. The van der Waals surface area contributed by atoms with Crippen LogP contribution in [0.15, 0.2) is 0 Å². The molecule has 2 N–H and O–H groups in total. The lowest BCUT2D eigenvalue weighted by Crippen LogP contribution is -2.57. The predicted octanol–water partition coefficient (Wildman–Crippen LogP) is -1.23. The lowest BCUT2D eigenvalue weighted by molar-refractivity contribution is -0.135. The van der Waals surface area contributed by atoms with E-state index in [0.717, 1.165) is 12.8 Å². The van der Waals surface area contributed by atoms with Crippen LogP contribution >= 0.6 is 0 Å². The Kier molecular flexibility index (Phi) is 0.922. The monoisotopic (exact) mass is 140 g/mol. The summed E-state index contributed by atoms with van der Waals surface area (Å²) in [5, 5.41) is 5.20. The number of hydrogen-bond donors (Lipinski definition) is 2. The smallest absolute Gasteiger partial charge is 0.246 e. The molecular weight excluding hydrogens is 132 g/mol. The van der Waals surface area contributed by atoms with E-state index in [1.807, 2.05) is 0 Å². The van der Waals surface area contributed by atoms with Gasteiger partial charge in [-0.25, -0.2) is 0 Å². The Morgan fingerprint density at radius 2 is 2.00 bits per heavy atom. The van der Waals surface area contributed by atoms with Crippen LogP contribution in [0, 0.1) is 0 Å². The zero-order valence-corrected chi connectivity index (χ0v) is 5.44. The van der Waals surface area contributed by atoms with E-state index in [1.165, 1.54) is 0 Å². The van der Waals surface area contributed by atoms with Gasteiger partial charge < -0.3 is 0 Å². The second-order valence-corrected chi connectivity index (χ2v) is 2.81. The van der Waals surface area contributed by atoms with Crippen LogP contribution in [0.2, 0.25) is 0 Å². The summed E-state index contributed by atoms with van der Waals surface area (Å²) < 4.78 is 0. The molecule has 0 aromatic rings. The van der Waals surface area contributed by atoms with Crippen LogP contribution in [0.25, 0.3) is 0 Å². The highest BCUT2D eigenvalue weighted by Crippen LogP contribution is 2.36. The van der Waals surface area contributed by atoms with Gasteiger partial charge >= 0.3 is 0 Å². The van der Waals surface area contributed by atoms with Gasteiger partial charge in [0.2, 0.25) is 11.8 Å². The van der Waals surface area contributed by atoms with Crippen molar-refractivity contribution in [3.63, 3.8) is 0 Å². The topological polar surface area (TPSA) is 58.2 Å². The summed E-state index contributed by atoms with van der Waals surface area (Å²) in [6, 6.07) is 0. The molecule has 0 radical (unpaired) electrons. The summed E-state index contributed by atoms with van der Waals surface area (Å²) in [5.41, 5.74) is -0.353. The number of piperazine rings is 1. The normalized spacial score (nSPS) is 28.4. The summed E-state index contributed by atoms with van der Waals surface area (Å²) in [4.78, 5) is 21.6. The van der Waals surface area contributed by atoms with E-state index in [1.54, 1.807) is 0 Å². The lowest BCUT2D eigenvalue weighted by atomic mass is 10.2. The van der Waals surface area contributed by atoms with E-state index < -0.39 is 0 Å². The molecule has 0 bridgehead atoms. The standard InChI is InChI=1S/C6H8N2O2/c9-4-3-7-6(1-2-6)5(10)8-4/h7H,1-3H2,(H,8,9,10). The minimum absolute atomic E-state index is 0.149. The van der Waals surface area contributed by atoms with Crippen molar-refractivity contribution >= 4 is 11.8 Å². The van der Waals surface area contributed by atoms with Gasteiger partial charge in [0.05, 0.1) is 12.1 Å². The van der Waals surface area contributed by atoms with Crippen molar-refractivity contribution < 1.29 is 9.59 Å². The highest BCUT2D eigenvalue weighted by atomic mass is 16.2. The van der Waals surface area contributed by atoms with Crippen molar-refractivity contribution in [3.05, 3.63) is 0 Å². The molecule has 1 saturated heterocycles. The molecule has 0 aromatic heterocycles. The van der Waals surface area contributed by atoms with Gasteiger partial charge in [-0.05, 0) is 12.8 Å². The molecule has 2 fully saturated rings. The van der Waals surface area contributed by atoms with Gasteiger partial charge in [0.25, 0.3) is 0 Å². The van der Waals surface area contributed by atoms with Crippen LogP contribution in [-0.4, -0.2) is 23.9 Å². The molecule has 0 unspecified atom stereocenters. The predicted molar refractivity (Wildman–Crippen MR) is 33.1 cm³/mol. The number of carbonyl (C=O) groups is 2. The molecule has 1 spiro atoms. The number of amides is 2. The van der Waals surface area contributed by atoms with Gasteiger partial charge in [-0.15, -0.1) is 0 Å². The SMILES string of the molecule is O=C1CNC2(CC2)C(=O)N1. The summed E-state index contributed by atoms with van der Waals surface area (Å²) >= 11 is 0. The molecule has 1 aliphatic heterocycles. The van der Waals surface area contributed by atoms with Crippen molar-refractivity contribution in [2.45, 2.75) is 18.4 Å². The van der Waals surface area contributed by atoms with Crippen molar-refractivity contribution in [1.29, 1.82) is 0 Å². The Morgan fingerprint density at radius 3 is 2.50 bits per heavy atom. The number of carbonyl (C=O) groups excluding carboxylic acids is 2. The molecule has 0 aromatic carbocycles. The molecule has 4 heteroatoms. The Labute approximate surface area is 58.0 Å². The van der Waals surface area contributed by atoms with E-state index in [2.05, 4.69) is 10.6 Å². The van der Waals surface area contributed by atoms with Crippen LogP contribution < -0.4 is 10.6 Å². The molecular formula is C6H8N2O2. The van der Waals surface area contributed by atoms with Crippen LogP contribution in [0.4, 0.5) is 0 Å². The van der Waals surface area contributed by atoms with Crippen LogP contribution in [0.5, 0.6) is 0 Å². The quantitative estimate of drug-likeness (QED) is 0.414. The summed E-state index contributed by atoms with van der Waals surface area (Å²) in [7, 11) is 0. The van der Waals surface area contributed by atoms with Gasteiger partial charge in [0, 0.05) is 0 Å². The first-order valence-electron chi connectivity index (χ1n) is 3.32. The first-order valence-corrected chi connectivity index (χ1v) is 3.32. The summed E-state index contributed by atoms with van der Waals surface area (Å²) in [5.74, 6) is -0.369. The maximum Gasteiger partial charge on any atom is 0.246 e. The minimum Gasteiger partial charge on any atom is -0.295 e. The maximum atomic E-state index is 11.0. The molecule has 1 aliphatic carbocycles. The second-order valence-electron chi connectivity index (χ2n) is 2.81. The largest absolute Gasteiger partial charge is 0.295 e. The Bertz CT molecular complexity index is 208. The van der Waals surface area contributed by atoms with Gasteiger partial charge in [-0.3, -0.25) is 20.2 Å². The van der Waals surface area contributed by atoms with Crippen LogP contribution in [0.3, 0.4) is 0 Å². The summed E-state index contributed by atoms with van der Waals surface area (Å²) in [6.45, 7) is 0.283. The van der Waals surface area contributed by atoms with E-state index in [-0.39, 0.29) is 23.9 Å². The average molecular weight is 140 g/mol. The van der Waals surface area contributed by atoms with Crippen molar-refractivity contribution in [1.82, 2.24) is 10.6 Å². The minimum atomic E-state index is -0.353. The fourth-order valence-corrected chi connectivity index (χ4v) is 1.15. The molecule has 10 heavy (non-hydrogen) atoms. The molecule has 2 rings (SSSR count). The first-order chi connectivity index (χ1) is 4.73. The third-order valence-electron chi connectivity index (χ3n) is 2.02. The van der Waals surface area contributed by atoms with Crippen LogP contribution in [0.1, 0.15) is 12.8 Å². The van der Waals surface area contributed by atoms with Crippen molar-refractivity contribution in [2.75, 3.05) is 6.54 Å².